The molecule has 2 aromatic heterocycles. The third kappa shape index (κ3) is 3.71. The molecule has 0 aliphatic carbocycles. The second-order valence-corrected chi connectivity index (χ2v) is 8.03. The van der Waals surface area contributed by atoms with Crippen LogP contribution in [-0.2, 0) is 10.7 Å². The van der Waals surface area contributed by atoms with Gasteiger partial charge in [-0.3, -0.25) is 4.79 Å². The maximum atomic E-state index is 12.5. The summed E-state index contributed by atoms with van der Waals surface area (Å²) in [5, 5.41) is 11.9. The number of benzene rings is 2. The van der Waals surface area contributed by atoms with Crippen LogP contribution >= 0.6 is 11.6 Å². The van der Waals surface area contributed by atoms with Crippen molar-refractivity contribution in [3.8, 4) is 17.1 Å². The Morgan fingerprint density at radius 2 is 2.03 bits per heavy atom. The van der Waals surface area contributed by atoms with E-state index in [2.05, 4.69) is 10.6 Å². The molecule has 8 nitrogen and oxygen atoms in total. The quantitative estimate of drug-likeness (QED) is 0.449. The van der Waals surface area contributed by atoms with Gasteiger partial charge in [0.2, 0.25) is 11.9 Å². The number of nitrogens with one attached hydrogen (secondary N) is 2. The SMILES string of the molecule is COc1ccc(-c2nc3c4cccc(CCl)c4nc(N[C@@H]4CCCCNC4=O)n3n2)cc1. The summed E-state index contributed by atoms with van der Waals surface area (Å²) in [6.45, 7) is 0.693. The molecular weight excluding hydrogens is 428 g/mol. The van der Waals surface area contributed by atoms with Crippen molar-refractivity contribution in [2.24, 2.45) is 0 Å². The van der Waals surface area contributed by atoms with Crippen LogP contribution in [0.1, 0.15) is 24.8 Å². The van der Waals surface area contributed by atoms with Gasteiger partial charge in [-0.05, 0) is 55.2 Å². The molecule has 5 rings (SSSR count). The van der Waals surface area contributed by atoms with Gasteiger partial charge in [-0.25, -0.2) is 9.97 Å². The van der Waals surface area contributed by atoms with Crippen LogP contribution < -0.4 is 15.4 Å². The standard InChI is InChI=1S/C23H23ClN6O2/c1-32-16-10-8-14(9-11-16)20-28-21-17-6-4-5-15(13-24)19(17)27-23(30(21)29-20)26-18-7-2-3-12-25-22(18)31/h4-6,8-11,18H,2-3,7,12-13H2,1H3,(H,25,31)(H,26,27)/t18-/m1/s1. The third-order valence-electron chi connectivity index (χ3n) is 5.72. The minimum Gasteiger partial charge on any atom is -0.497 e. The third-order valence-corrected chi connectivity index (χ3v) is 6.00. The van der Waals surface area contributed by atoms with Crippen LogP contribution in [0.2, 0.25) is 0 Å². The highest BCUT2D eigenvalue weighted by Crippen LogP contribution is 2.28. The molecule has 9 heteroatoms. The Balaban J connectivity index is 1.67. The van der Waals surface area contributed by atoms with E-state index in [4.69, 9.17) is 31.4 Å². The van der Waals surface area contributed by atoms with Gasteiger partial charge in [0.15, 0.2) is 11.5 Å². The van der Waals surface area contributed by atoms with Gasteiger partial charge in [-0.15, -0.1) is 16.7 Å². The summed E-state index contributed by atoms with van der Waals surface area (Å²) >= 11 is 6.20. The van der Waals surface area contributed by atoms with E-state index in [0.717, 1.165) is 47.0 Å². The fraction of sp³-hybridized carbons (Fsp3) is 0.304. The van der Waals surface area contributed by atoms with E-state index in [0.29, 0.717) is 29.8 Å². The van der Waals surface area contributed by atoms with Crippen molar-refractivity contribution in [2.75, 3.05) is 19.0 Å². The maximum absolute atomic E-state index is 12.5. The molecule has 1 aliphatic rings. The predicted octanol–water partition coefficient (Wildman–Crippen LogP) is 3.77. The molecule has 4 aromatic rings. The number of ether oxygens (including phenoxy) is 1. The van der Waals surface area contributed by atoms with E-state index in [1.807, 2.05) is 42.5 Å². The van der Waals surface area contributed by atoms with E-state index < -0.39 is 0 Å². The fourth-order valence-corrected chi connectivity index (χ4v) is 4.20. The van der Waals surface area contributed by atoms with Crippen LogP contribution in [0.3, 0.4) is 0 Å². The molecule has 0 spiro atoms. The molecule has 0 radical (unpaired) electrons. The lowest BCUT2D eigenvalue weighted by Gasteiger charge is -2.17. The first kappa shape index (κ1) is 20.5. The lowest BCUT2D eigenvalue weighted by molar-refractivity contribution is -0.121. The number of para-hydroxylation sites is 1. The first-order valence-corrected chi connectivity index (χ1v) is 11.1. The second kappa shape index (κ2) is 8.63. The minimum absolute atomic E-state index is 0.0290. The number of anilines is 1. The number of rotatable bonds is 5. The van der Waals surface area contributed by atoms with Crippen molar-refractivity contribution in [3.05, 3.63) is 48.0 Å². The van der Waals surface area contributed by atoms with E-state index in [1.165, 1.54) is 0 Å². The Hall–Kier alpha value is -3.39. The molecule has 2 N–H and O–H groups in total. The molecule has 3 heterocycles. The average Bonchev–Trinajstić information content (AvgIpc) is 3.19. The number of hydrogen-bond donors (Lipinski definition) is 2. The summed E-state index contributed by atoms with van der Waals surface area (Å²) in [7, 11) is 1.63. The highest BCUT2D eigenvalue weighted by atomic mass is 35.5. The van der Waals surface area contributed by atoms with Crippen molar-refractivity contribution < 1.29 is 9.53 Å². The Labute approximate surface area is 190 Å². The number of hydrogen-bond acceptors (Lipinski definition) is 6. The lowest BCUT2D eigenvalue weighted by Crippen LogP contribution is -2.38. The summed E-state index contributed by atoms with van der Waals surface area (Å²) in [6, 6.07) is 13.0. The lowest BCUT2D eigenvalue weighted by atomic mass is 10.1. The molecular formula is C23H23ClN6O2. The van der Waals surface area contributed by atoms with Crippen molar-refractivity contribution in [1.29, 1.82) is 0 Å². The minimum atomic E-state index is -0.387. The average molecular weight is 451 g/mol. The van der Waals surface area contributed by atoms with E-state index >= 15 is 0 Å². The number of halogens is 1. The Kier molecular flexibility index (Phi) is 5.53. The number of alkyl halides is 1. The highest BCUT2D eigenvalue weighted by Gasteiger charge is 2.24. The summed E-state index contributed by atoms with van der Waals surface area (Å²) in [4.78, 5) is 22.2. The van der Waals surface area contributed by atoms with Gasteiger partial charge in [0.1, 0.15) is 11.8 Å². The van der Waals surface area contributed by atoms with Crippen molar-refractivity contribution in [2.45, 2.75) is 31.2 Å². The van der Waals surface area contributed by atoms with Crippen LogP contribution in [0.15, 0.2) is 42.5 Å². The molecule has 1 fully saturated rings. The first-order valence-electron chi connectivity index (χ1n) is 10.6. The van der Waals surface area contributed by atoms with Gasteiger partial charge in [0.25, 0.3) is 0 Å². The second-order valence-electron chi connectivity index (χ2n) is 7.77. The Morgan fingerprint density at radius 3 is 2.81 bits per heavy atom. The van der Waals surface area contributed by atoms with Crippen molar-refractivity contribution in [3.63, 3.8) is 0 Å². The van der Waals surface area contributed by atoms with Gasteiger partial charge in [-0.2, -0.15) is 4.52 Å². The molecule has 0 saturated carbocycles. The Bertz CT molecular complexity index is 1290. The predicted molar refractivity (Wildman–Crippen MR) is 124 cm³/mol. The van der Waals surface area contributed by atoms with Crippen LogP contribution in [0, 0.1) is 0 Å². The molecule has 1 atom stereocenters. The number of aromatic nitrogens is 4. The number of carbonyl (C=O) groups is 1. The molecule has 32 heavy (non-hydrogen) atoms. The maximum Gasteiger partial charge on any atom is 0.242 e. The largest absolute Gasteiger partial charge is 0.497 e. The summed E-state index contributed by atoms with van der Waals surface area (Å²) in [6.07, 6.45) is 2.64. The number of amides is 1. The van der Waals surface area contributed by atoms with Crippen molar-refractivity contribution in [1.82, 2.24) is 24.9 Å². The van der Waals surface area contributed by atoms with Crippen LogP contribution in [-0.4, -0.2) is 45.2 Å². The number of methoxy groups -OCH3 is 1. The topological polar surface area (TPSA) is 93.4 Å². The van der Waals surface area contributed by atoms with Crippen LogP contribution in [0.25, 0.3) is 27.9 Å². The molecule has 0 bridgehead atoms. The first-order chi connectivity index (χ1) is 15.7. The number of fused-ring (bicyclic) bond motifs is 3. The zero-order valence-corrected chi connectivity index (χ0v) is 18.4. The van der Waals surface area contributed by atoms with Crippen LogP contribution in [0.5, 0.6) is 5.75 Å². The highest BCUT2D eigenvalue weighted by molar-refractivity contribution is 6.18. The van der Waals surface area contributed by atoms with Crippen LogP contribution in [0.4, 0.5) is 5.95 Å². The Morgan fingerprint density at radius 1 is 1.19 bits per heavy atom. The number of nitrogens with zero attached hydrogens (tertiary/aromatic N) is 4. The van der Waals surface area contributed by atoms with E-state index in [1.54, 1.807) is 11.6 Å². The molecule has 1 amide bonds. The molecule has 0 unspecified atom stereocenters. The van der Waals surface area contributed by atoms with Gasteiger partial charge >= 0.3 is 0 Å². The zero-order valence-electron chi connectivity index (χ0n) is 17.6. The monoisotopic (exact) mass is 450 g/mol. The van der Waals surface area contributed by atoms with Gasteiger partial charge in [-0.1, -0.05) is 12.1 Å². The van der Waals surface area contributed by atoms with Gasteiger partial charge < -0.3 is 15.4 Å². The van der Waals surface area contributed by atoms with Gasteiger partial charge in [0, 0.05) is 23.4 Å². The molecule has 164 valence electrons. The normalized spacial score (nSPS) is 16.7. The van der Waals surface area contributed by atoms with E-state index in [-0.39, 0.29) is 11.9 Å². The van der Waals surface area contributed by atoms with Crippen molar-refractivity contribution >= 4 is 40.0 Å². The van der Waals surface area contributed by atoms with E-state index in [9.17, 15) is 4.79 Å². The smallest absolute Gasteiger partial charge is 0.242 e. The summed E-state index contributed by atoms with van der Waals surface area (Å²) < 4.78 is 6.93. The molecule has 1 aliphatic heterocycles. The molecule has 1 saturated heterocycles. The van der Waals surface area contributed by atoms with Gasteiger partial charge in [0.05, 0.1) is 12.6 Å². The number of carbonyl (C=O) groups excluding carboxylic acids is 1. The fourth-order valence-electron chi connectivity index (χ4n) is 3.99. The summed E-state index contributed by atoms with van der Waals surface area (Å²) in [5.41, 5.74) is 3.16. The summed E-state index contributed by atoms with van der Waals surface area (Å²) in [5.74, 6) is 2.09. The molecule has 2 aromatic carbocycles. The zero-order chi connectivity index (χ0) is 22.1.